The summed E-state index contributed by atoms with van der Waals surface area (Å²) < 4.78 is 5.45. The Kier molecular flexibility index (Phi) is 49.1. The minimum atomic E-state index is -0.696. The first-order valence-electron chi connectivity index (χ1n) is 26.7. The number of rotatable bonds is 49. The van der Waals surface area contributed by atoms with Gasteiger partial charge in [0.15, 0.2) is 0 Å². The van der Waals surface area contributed by atoms with E-state index in [-0.39, 0.29) is 18.5 Å². The van der Waals surface area contributed by atoms with Crippen LogP contribution in [0.5, 0.6) is 0 Å². The third kappa shape index (κ3) is 47.4. The van der Waals surface area contributed by atoms with Crippen molar-refractivity contribution in [3.05, 3.63) is 36.5 Å². The number of aliphatic hydroxyl groups excluding tert-OH is 2. The molecule has 0 aromatic heterocycles. The number of carbonyl (C=O) groups is 2. The molecule has 2 atom stereocenters. The smallest absolute Gasteiger partial charge is 0.305 e. The number of allylic oxidation sites excluding steroid dienone is 6. The first-order chi connectivity index (χ1) is 30.0. The number of unbranched alkanes of at least 4 members (excludes halogenated alkanes) is 32. The molecule has 0 aromatic rings. The molecule has 0 fully saturated rings. The van der Waals surface area contributed by atoms with Crippen LogP contribution >= 0.6 is 0 Å². The fourth-order valence-corrected chi connectivity index (χ4v) is 8.03. The molecule has 358 valence electrons. The Labute approximate surface area is 379 Å². The summed E-state index contributed by atoms with van der Waals surface area (Å²) in [6.07, 6.45) is 61.2. The summed E-state index contributed by atoms with van der Waals surface area (Å²) in [6, 6.07) is -0.580. The molecule has 2 unspecified atom stereocenters. The quantitative estimate of drug-likeness (QED) is 0.0322. The highest BCUT2D eigenvalue weighted by Crippen LogP contribution is 2.16. The van der Waals surface area contributed by atoms with E-state index in [0.717, 1.165) is 77.0 Å². The molecule has 0 rings (SSSR count). The number of nitrogens with one attached hydrogen (secondary N) is 1. The summed E-state index contributed by atoms with van der Waals surface area (Å²) in [4.78, 5) is 24.5. The SMILES string of the molecule is CCCCC/C=C\C/C=C\CCCCCCCCCCCC(=O)OCCCCCC/C=C\CCCC(=O)NC(CO)C(O)CCCCCCCCCCCCCCCCCC. The normalized spacial score (nSPS) is 12.9. The monoisotopic (exact) mass is 858 g/mol. The lowest BCUT2D eigenvalue weighted by Gasteiger charge is -2.22. The molecule has 0 aromatic carbocycles. The standard InChI is InChI=1S/C55H103NO5/c1-3-5-7-9-11-13-15-17-19-21-22-23-25-27-29-33-37-41-45-49-55(60)61-50-46-42-38-34-30-32-36-40-44-48-54(59)56-52(51-57)53(58)47-43-39-35-31-28-26-24-20-18-16-14-12-10-8-6-4-2/h11,13,17,19,32,36,52-53,57-58H,3-10,12,14-16,18,20-31,33-35,37-51H2,1-2H3,(H,56,59)/b13-11-,19-17-,36-32-. The third-order valence-electron chi connectivity index (χ3n) is 12.2. The van der Waals surface area contributed by atoms with E-state index in [0.29, 0.717) is 25.9 Å². The van der Waals surface area contributed by atoms with E-state index in [9.17, 15) is 19.8 Å². The summed E-state index contributed by atoms with van der Waals surface area (Å²) >= 11 is 0. The van der Waals surface area contributed by atoms with Crippen LogP contribution < -0.4 is 5.32 Å². The number of aliphatic hydroxyl groups is 2. The number of ether oxygens (including phenoxy) is 1. The van der Waals surface area contributed by atoms with Crippen LogP contribution in [-0.4, -0.2) is 47.4 Å². The minimum Gasteiger partial charge on any atom is -0.466 e. The number of hydrogen-bond donors (Lipinski definition) is 3. The average Bonchev–Trinajstić information content (AvgIpc) is 3.26. The molecule has 0 aliphatic rings. The zero-order chi connectivity index (χ0) is 44.4. The molecular weight excluding hydrogens is 755 g/mol. The molecule has 6 heteroatoms. The molecule has 0 bridgehead atoms. The van der Waals surface area contributed by atoms with Gasteiger partial charge < -0.3 is 20.3 Å². The summed E-state index contributed by atoms with van der Waals surface area (Å²) in [7, 11) is 0. The van der Waals surface area contributed by atoms with Crippen LogP contribution in [0.15, 0.2) is 36.5 Å². The van der Waals surface area contributed by atoms with Gasteiger partial charge in [-0.05, 0) is 77.0 Å². The average molecular weight is 858 g/mol. The largest absolute Gasteiger partial charge is 0.466 e. The molecule has 3 N–H and O–H groups in total. The topological polar surface area (TPSA) is 95.9 Å². The Morgan fingerprint density at radius 3 is 1.33 bits per heavy atom. The molecule has 0 aliphatic heterocycles. The van der Waals surface area contributed by atoms with E-state index in [4.69, 9.17) is 4.74 Å². The highest BCUT2D eigenvalue weighted by atomic mass is 16.5. The van der Waals surface area contributed by atoms with Crippen LogP contribution in [-0.2, 0) is 14.3 Å². The van der Waals surface area contributed by atoms with Crippen LogP contribution in [0.25, 0.3) is 0 Å². The molecule has 0 saturated heterocycles. The molecule has 0 aliphatic carbocycles. The second kappa shape index (κ2) is 50.7. The number of amides is 1. The fourth-order valence-electron chi connectivity index (χ4n) is 8.03. The van der Waals surface area contributed by atoms with Gasteiger partial charge >= 0.3 is 5.97 Å². The molecule has 1 amide bonds. The van der Waals surface area contributed by atoms with Crippen molar-refractivity contribution in [3.63, 3.8) is 0 Å². The van der Waals surface area contributed by atoms with Crippen LogP contribution in [0.4, 0.5) is 0 Å². The maximum atomic E-state index is 12.4. The van der Waals surface area contributed by atoms with Gasteiger partial charge in [0.25, 0.3) is 0 Å². The van der Waals surface area contributed by atoms with Crippen molar-refractivity contribution < 1.29 is 24.5 Å². The Bertz CT molecular complexity index is 993. The molecule has 0 heterocycles. The van der Waals surface area contributed by atoms with Gasteiger partial charge in [-0.15, -0.1) is 0 Å². The predicted octanol–water partition coefficient (Wildman–Crippen LogP) is 16.1. The Hall–Kier alpha value is -1.92. The minimum absolute atomic E-state index is 0.0395. The van der Waals surface area contributed by atoms with Crippen molar-refractivity contribution in [1.82, 2.24) is 5.32 Å². The van der Waals surface area contributed by atoms with Crippen molar-refractivity contribution in [2.24, 2.45) is 0 Å². The number of hydrogen-bond acceptors (Lipinski definition) is 5. The zero-order valence-electron chi connectivity index (χ0n) is 40.6. The molecule has 0 radical (unpaired) electrons. The second-order valence-corrected chi connectivity index (χ2v) is 18.2. The van der Waals surface area contributed by atoms with Crippen molar-refractivity contribution in [2.75, 3.05) is 13.2 Å². The Morgan fingerprint density at radius 2 is 0.836 bits per heavy atom. The first-order valence-corrected chi connectivity index (χ1v) is 26.7. The molecular formula is C55H103NO5. The number of carbonyl (C=O) groups excluding carboxylic acids is 2. The highest BCUT2D eigenvalue weighted by Gasteiger charge is 2.20. The lowest BCUT2D eigenvalue weighted by Crippen LogP contribution is -2.45. The zero-order valence-corrected chi connectivity index (χ0v) is 40.6. The van der Waals surface area contributed by atoms with Crippen molar-refractivity contribution in [3.8, 4) is 0 Å². The second-order valence-electron chi connectivity index (χ2n) is 18.2. The maximum absolute atomic E-state index is 12.4. The van der Waals surface area contributed by atoms with Gasteiger partial charge in [-0.2, -0.15) is 0 Å². The van der Waals surface area contributed by atoms with Gasteiger partial charge in [-0.25, -0.2) is 0 Å². The summed E-state index contributed by atoms with van der Waals surface area (Å²) in [5, 5.41) is 23.2. The Balaban J connectivity index is 3.53. The summed E-state index contributed by atoms with van der Waals surface area (Å²) in [5.41, 5.74) is 0. The van der Waals surface area contributed by atoms with Crippen LogP contribution in [0.3, 0.4) is 0 Å². The lowest BCUT2D eigenvalue weighted by molar-refractivity contribution is -0.143. The van der Waals surface area contributed by atoms with Gasteiger partial charge in [0.05, 0.1) is 25.4 Å². The lowest BCUT2D eigenvalue weighted by atomic mass is 10.0. The van der Waals surface area contributed by atoms with Crippen molar-refractivity contribution in [2.45, 2.75) is 289 Å². The van der Waals surface area contributed by atoms with Crippen LogP contribution in [0.1, 0.15) is 277 Å². The van der Waals surface area contributed by atoms with E-state index >= 15 is 0 Å². The van der Waals surface area contributed by atoms with E-state index in [1.165, 1.54) is 167 Å². The summed E-state index contributed by atoms with van der Waals surface area (Å²) in [5.74, 6) is -0.135. The van der Waals surface area contributed by atoms with Gasteiger partial charge in [-0.3, -0.25) is 9.59 Å². The van der Waals surface area contributed by atoms with E-state index in [1.54, 1.807) is 0 Å². The van der Waals surface area contributed by atoms with E-state index in [1.807, 2.05) is 0 Å². The Morgan fingerprint density at radius 1 is 0.459 bits per heavy atom. The summed E-state index contributed by atoms with van der Waals surface area (Å²) in [6.45, 7) is 4.84. The van der Waals surface area contributed by atoms with Crippen LogP contribution in [0, 0.1) is 0 Å². The van der Waals surface area contributed by atoms with E-state index in [2.05, 4.69) is 55.6 Å². The fraction of sp³-hybridized carbons (Fsp3) is 0.855. The maximum Gasteiger partial charge on any atom is 0.305 e. The van der Waals surface area contributed by atoms with Gasteiger partial charge in [0.1, 0.15) is 0 Å². The van der Waals surface area contributed by atoms with Crippen molar-refractivity contribution in [1.29, 1.82) is 0 Å². The molecule has 61 heavy (non-hydrogen) atoms. The third-order valence-corrected chi connectivity index (χ3v) is 12.2. The van der Waals surface area contributed by atoms with Crippen molar-refractivity contribution >= 4 is 11.9 Å². The molecule has 0 spiro atoms. The first kappa shape index (κ1) is 59.1. The highest BCUT2D eigenvalue weighted by molar-refractivity contribution is 5.76. The van der Waals surface area contributed by atoms with Crippen LogP contribution in [0.2, 0.25) is 0 Å². The van der Waals surface area contributed by atoms with Gasteiger partial charge in [0.2, 0.25) is 5.91 Å². The molecule has 0 saturated carbocycles. The van der Waals surface area contributed by atoms with Gasteiger partial charge in [-0.1, -0.05) is 224 Å². The number of esters is 1. The van der Waals surface area contributed by atoms with Gasteiger partial charge in [0, 0.05) is 12.8 Å². The molecule has 6 nitrogen and oxygen atoms in total. The predicted molar refractivity (Wildman–Crippen MR) is 264 cm³/mol. The van der Waals surface area contributed by atoms with E-state index < -0.39 is 12.1 Å².